The van der Waals surface area contributed by atoms with Gasteiger partial charge in [0.25, 0.3) is 0 Å². The number of hydrogen-bond donors (Lipinski definition) is 1. The van der Waals surface area contributed by atoms with E-state index < -0.39 is 0 Å². The van der Waals surface area contributed by atoms with Gasteiger partial charge in [0.05, 0.1) is 0 Å². The van der Waals surface area contributed by atoms with Crippen molar-refractivity contribution in [2.24, 2.45) is 5.92 Å². The molecule has 0 aromatic carbocycles. The Kier molecular flexibility index (Phi) is 6.45. The fourth-order valence-electron chi connectivity index (χ4n) is 3.63. The second-order valence-electron chi connectivity index (χ2n) is 6.71. The molecule has 2 heterocycles. The number of rotatable bonds is 5. The van der Waals surface area contributed by atoms with Crippen molar-refractivity contribution in [2.75, 3.05) is 46.9 Å². The molecule has 0 aliphatic carbocycles. The summed E-state index contributed by atoms with van der Waals surface area (Å²) in [4.78, 5) is 16.2. The number of ether oxygens (including phenoxy) is 1. The highest BCUT2D eigenvalue weighted by Crippen LogP contribution is 2.20. The summed E-state index contributed by atoms with van der Waals surface area (Å²) < 4.78 is 4.93. The molecule has 1 amide bonds. The first-order chi connectivity index (χ1) is 10.1. The predicted octanol–water partition coefficient (Wildman–Crippen LogP) is 0.944. The van der Waals surface area contributed by atoms with E-state index in [1.54, 1.807) is 7.11 Å². The van der Waals surface area contributed by atoms with Gasteiger partial charge in [-0.3, -0.25) is 4.79 Å². The third kappa shape index (κ3) is 4.94. The standard InChI is InChI=1S/C16H31N3O2/c1-13(14-5-4-8-18(2)11-14)17-15-6-9-19(10-7-15)16(20)12-21-3/h13-15,17H,4-12H2,1-3H3. The minimum atomic E-state index is 0.123. The van der Waals surface area contributed by atoms with Crippen LogP contribution in [0, 0.1) is 5.92 Å². The fourth-order valence-corrected chi connectivity index (χ4v) is 3.63. The van der Waals surface area contributed by atoms with Gasteiger partial charge in [-0.1, -0.05) is 0 Å². The van der Waals surface area contributed by atoms with Crippen molar-refractivity contribution in [3.05, 3.63) is 0 Å². The molecule has 2 unspecified atom stereocenters. The molecule has 2 saturated heterocycles. The van der Waals surface area contributed by atoms with Crippen LogP contribution >= 0.6 is 0 Å². The number of hydrogen-bond acceptors (Lipinski definition) is 4. The van der Waals surface area contributed by atoms with Crippen molar-refractivity contribution in [1.29, 1.82) is 0 Å². The summed E-state index contributed by atoms with van der Waals surface area (Å²) in [5.41, 5.74) is 0. The van der Waals surface area contributed by atoms with Crippen LogP contribution in [0.15, 0.2) is 0 Å². The van der Waals surface area contributed by atoms with Crippen LogP contribution in [0.5, 0.6) is 0 Å². The summed E-state index contributed by atoms with van der Waals surface area (Å²) in [6, 6.07) is 1.12. The molecule has 5 heteroatoms. The van der Waals surface area contributed by atoms with Crippen LogP contribution in [0.1, 0.15) is 32.6 Å². The van der Waals surface area contributed by atoms with E-state index in [9.17, 15) is 4.79 Å². The van der Waals surface area contributed by atoms with E-state index in [0.29, 0.717) is 12.1 Å². The van der Waals surface area contributed by atoms with E-state index in [2.05, 4.69) is 24.2 Å². The highest BCUT2D eigenvalue weighted by Gasteiger charge is 2.27. The number of carbonyl (C=O) groups is 1. The van der Waals surface area contributed by atoms with Gasteiger partial charge in [-0.25, -0.2) is 0 Å². The van der Waals surface area contributed by atoms with Crippen molar-refractivity contribution in [3.8, 4) is 0 Å². The Morgan fingerprint density at radius 3 is 2.62 bits per heavy atom. The molecule has 2 rings (SSSR count). The molecule has 0 spiro atoms. The molecule has 122 valence electrons. The monoisotopic (exact) mass is 297 g/mol. The third-order valence-electron chi connectivity index (χ3n) is 4.98. The number of carbonyl (C=O) groups excluding carboxylic acids is 1. The van der Waals surface area contributed by atoms with E-state index >= 15 is 0 Å². The summed E-state index contributed by atoms with van der Waals surface area (Å²) >= 11 is 0. The van der Waals surface area contributed by atoms with Crippen LogP contribution in [-0.2, 0) is 9.53 Å². The molecule has 0 radical (unpaired) electrons. The molecule has 2 fully saturated rings. The molecule has 0 aromatic rings. The summed E-state index contributed by atoms with van der Waals surface area (Å²) in [6.45, 7) is 6.70. The molecule has 1 N–H and O–H groups in total. The molecule has 0 saturated carbocycles. The Bertz CT molecular complexity index is 329. The van der Waals surface area contributed by atoms with Crippen molar-refractivity contribution >= 4 is 5.91 Å². The van der Waals surface area contributed by atoms with Crippen molar-refractivity contribution in [1.82, 2.24) is 15.1 Å². The SMILES string of the molecule is COCC(=O)N1CCC(NC(C)C2CCCN(C)C2)CC1. The fraction of sp³-hybridized carbons (Fsp3) is 0.938. The molecule has 2 atom stereocenters. The van der Waals surface area contributed by atoms with Gasteiger partial charge in [0.1, 0.15) is 6.61 Å². The van der Waals surface area contributed by atoms with Crippen molar-refractivity contribution < 1.29 is 9.53 Å². The van der Waals surface area contributed by atoms with Crippen LogP contribution in [0.4, 0.5) is 0 Å². The predicted molar refractivity (Wildman–Crippen MR) is 84.3 cm³/mol. The quantitative estimate of drug-likeness (QED) is 0.820. The maximum atomic E-state index is 11.8. The summed E-state index contributed by atoms with van der Waals surface area (Å²) in [5.74, 6) is 0.884. The lowest BCUT2D eigenvalue weighted by atomic mass is 9.90. The Morgan fingerprint density at radius 2 is 2.00 bits per heavy atom. The number of likely N-dealkylation sites (tertiary alicyclic amines) is 2. The number of amides is 1. The summed E-state index contributed by atoms with van der Waals surface area (Å²) in [5, 5.41) is 3.80. The Labute approximate surface area is 129 Å². The van der Waals surface area contributed by atoms with Crippen LogP contribution in [0.3, 0.4) is 0 Å². The minimum Gasteiger partial charge on any atom is -0.375 e. The lowest BCUT2D eigenvalue weighted by Gasteiger charge is -2.38. The summed E-state index contributed by atoms with van der Waals surface area (Å²) in [6.07, 6.45) is 4.77. The maximum absolute atomic E-state index is 11.8. The zero-order valence-corrected chi connectivity index (χ0v) is 13.8. The first-order valence-electron chi connectivity index (χ1n) is 8.31. The lowest BCUT2D eigenvalue weighted by molar-refractivity contribution is -0.136. The Balaban J connectivity index is 1.71. The summed E-state index contributed by atoms with van der Waals surface area (Å²) in [7, 11) is 3.80. The van der Waals surface area contributed by atoms with Crippen LogP contribution in [0.2, 0.25) is 0 Å². The smallest absolute Gasteiger partial charge is 0.248 e. The number of piperidine rings is 2. The topological polar surface area (TPSA) is 44.8 Å². The average Bonchev–Trinajstić information content (AvgIpc) is 2.48. The third-order valence-corrected chi connectivity index (χ3v) is 4.98. The van der Waals surface area contributed by atoms with Gasteiger partial charge in [0.15, 0.2) is 0 Å². The van der Waals surface area contributed by atoms with Gasteiger partial charge in [-0.15, -0.1) is 0 Å². The number of methoxy groups -OCH3 is 1. The van der Waals surface area contributed by atoms with Gasteiger partial charge in [0, 0.05) is 38.8 Å². The van der Waals surface area contributed by atoms with Gasteiger partial charge >= 0.3 is 0 Å². The number of nitrogens with zero attached hydrogens (tertiary/aromatic N) is 2. The van der Waals surface area contributed by atoms with Gasteiger partial charge in [-0.05, 0) is 52.1 Å². The second kappa shape index (κ2) is 8.11. The zero-order chi connectivity index (χ0) is 15.2. The first kappa shape index (κ1) is 16.7. The largest absolute Gasteiger partial charge is 0.375 e. The van der Waals surface area contributed by atoms with E-state index in [1.807, 2.05) is 4.90 Å². The molecule has 0 bridgehead atoms. The lowest BCUT2D eigenvalue weighted by Crippen LogP contribution is -2.51. The van der Waals surface area contributed by atoms with Crippen molar-refractivity contribution in [2.45, 2.75) is 44.7 Å². The highest BCUT2D eigenvalue weighted by molar-refractivity contribution is 5.77. The van der Waals surface area contributed by atoms with Gasteiger partial charge in [-0.2, -0.15) is 0 Å². The Hall–Kier alpha value is -0.650. The molecule has 2 aliphatic heterocycles. The van der Waals surface area contributed by atoms with E-state index in [4.69, 9.17) is 4.74 Å². The second-order valence-corrected chi connectivity index (χ2v) is 6.71. The maximum Gasteiger partial charge on any atom is 0.248 e. The average molecular weight is 297 g/mol. The first-order valence-corrected chi connectivity index (χ1v) is 8.31. The van der Waals surface area contributed by atoms with Gasteiger partial charge < -0.3 is 19.9 Å². The normalized spacial score (nSPS) is 26.8. The van der Waals surface area contributed by atoms with E-state index in [1.165, 1.54) is 25.9 Å². The number of nitrogens with one attached hydrogen (secondary N) is 1. The molecule has 2 aliphatic rings. The van der Waals surface area contributed by atoms with Crippen LogP contribution in [-0.4, -0.2) is 74.7 Å². The van der Waals surface area contributed by atoms with Crippen LogP contribution in [0.25, 0.3) is 0 Å². The van der Waals surface area contributed by atoms with Crippen molar-refractivity contribution in [3.63, 3.8) is 0 Å². The molecular formula is C16H31N3O2. The molecule has 0 aromatic heterocycles. The molecule has 21 heavy (non-hydrogen) atoms. The van der Waals surface area contributed by atoms with Gasteiger partial charge in [0.2, 0.25) is 5.91 Å². The van der Waals surface area contributed by atoms with E-state index in [0.717, 1.165) is 31.8 Å². The zero-order valence-electron chi connectivity index (χ0n) is 13.8. The highest BCUT2D eigenvalue weighted by atomic mass is 16.5. The molecule has 5 nitrogen and oxygen atoms in total. The van der Waals surface area contributed by atoms with E-state index in [-0.39, 0.29) is 12.5 Å². The minimum absolute atomic E-state index is 0.123. The Morgan fingerprint density at radius 1 is 1.29 bits per heavy atom. The molecular weight excluding hydrogens is 266 g/mol. The van der Waals surface area contributed by atoms with Crippen LogP contribution < -0.4 is 5.32 Å².